The molecule has 1 aliphatic carbocycles. The van der Waals surface area contributed by atoms with E-state index < -0.39 is 5.54 Å². The van der Waals surface area contributed by atoms with Gasteiger partial charge < -0.3 is 15.5 Å². The standard InChI is InChI=1S/C18H25N3O2/c19-18(9-10-18)17(23)21-13-11-20(12-14-21)16(22)8-4-7-15-5-2-1-3-6-15/h1-3,5-6H,4,7-14,19H2. The molecule has 2 aliphatic rings. The quantitative estimate of drug-likeness (QED) is 0.887. The van der Waals surface area contributed by atoms with Crippen molar-refractivity contribution in [1.29, 1.82) is 0 Å². The van der Waals surface area contributed by atoms with E-state index in [-0.39, 0.29) is 11.8 Å². The molecule has 2 N–H and O–H groups in total. The van der Waals surface area contributed by atoms with Crippen LogP contribution in [-0.2, 0) is 16.0 Å². The topological polar surface area (TPSA) is 66.6 Å². The highest BCUT2D eigenvalue weighted by Crippen LogP contribution is 2.34. The molecule has 0 bridgehead atoms. The molecule has 23 heavy (non-hydrogen) atoms. The number of benzene rings is 1. The minimum absolute atomic E-state index is 0.0636. The van der Waals surface area contributed by atoms with E-state index in [1.54, 1.807) is 0 Å². The van der Waals surface area contributed by atoms with Crippen LogP contribution >= 0.6 is 0 Å². The summed E-state index contributed by atoms with van der Waals surface area (Å²) in [6.45, 7) is 2.49. The fourth-order valence-corrected chi connectivity index (χ4v) is 3.07. The lowest BCUT2D eigenvalue weighted by Crippen LogP contribution is -2.55. The fraction of sp³-hybridized carbons (Fsp3) is 0.556. The van der Waals surface area contributed by atoms with E-state index in [0.29, 0.717) is 32.6 Å². The van der Waals surface area contributed by atoms with Gasteiger partial charge in [-0.2, -0.15) is 0 Å². The molecule has 1 aromatic carbocycles. The average molecular weight is 315 g/mol. The number of hydrogen-bond donors (Lipinski definition) is 1. The first-order chi connectivity index (χ1) is 11.1. The molecule has 0 radical (unpaired) electrons. The number of piperazine rings is 1. The Labute approximate surface area is 137 Å². The van der Waals surface area contributed by atoms with Gasteiger partial charge in [-0.15, -0.1) is 0 Å². The fourth-order valence-electron chi connectivity index (χ4n) is 3.07. The first-order valence-corrected chi connectivity index (χ1v) is 8.48. The Morgan fingerprint density at radius 3 is 2.22 bits per heavy atom. The van der Waals surface area contributed by atoms with Crippen molar-refractivity contribution >= 4 is 11.8 Å². The lowest BCUT2D eigenvalue weighted by atomic mass is 10.1. The zero-order valence-electron chi connectivity index (χ0n) is 13.5. The number of nitrogens with two attached hydrogens (primary N) is 1. The van der Waals surface area contributed by atoms with Crippen LogP contribution in [0.4, 0.5) is 0 Å². The second-order valence-electron chi connectivity index (χ2n) is 6.67. The lowest BCUT2D eigenvalue weighted by molar-refractivity contribution is -0.140. The zero-order valence-corrected chi connectivity index (χ0v) is 13.5. The minimum Gasteiger partial charge on any atom is -0.339 e. The smallest absolute Gasteiger partial charge is 0.242 e. The average Bonchev–Trinajstić information content (AvgIpc) is 3.34. The summed E-state index contributed by atoms with van der Waals surface area (Å²) in [6, 6.07) is 10.2. The summed E-state index contributed by atoms with van der Waals surface area (Å²) >= 11 is 0. The number of hydrogen-bond acceptors (Lipinski definition) is 3. The van der Waals surface area contributed by atoms with Gasteiger partial charge in [-0.25, -0.2) is 0 Å². The summed E-state index contributed by atoms with van der Waals surface area (Å²) < 4.78 is 0. The van der Waals surface area contributed by atoms with Crippen molar-refractivity contribution in [1.82, 2.24) is 9.80 Å². The van der Waals surface area contributed by atoms with E-state index in [1.165, 1.54) is 5.56 Å². The molecule has 0 unspecified atom stereocenters. The summed E-state index contributed by atoms with van der Waals surface area (Å²) in [7, 11) is 0. The zero-order chi connectivity index (χ0) is 16.3. The Bertz CT molecular complexity index is 561. The van der Waals surface area contributed by atoms with E-state index in [4.69, 9.17) is 5.73 Å². The highest BCUT2D eigenvalue weighted by atomic mass is 16.2. The van der Waals surface area contributed by atoms with Gasteiger partial charge in [0.25, 0.3) is 0 Å². The molecule has 1 saturated heterocycles. The normalized spacial score (nSPS) is 19.5. The first-order valence-electron chi connectivity index (χ1n) is 8.48. The summed E-state index contributed by atoms with van der Waals surface area (Å²) in [5.41, 5.74) is 6.64. The van der Waals surface area contributed by atoms with Crippen LogP contribution < -0.4 is 5.73 Å². The molecule has 124 valence electrons. The number of carbonyl (C=O) groups excluding carboxylic acids is 2. The number of nitrogens with zero attached hydrogens (tertiary/aromatic N) is 2. The number of rotatable bonds is 5. The predicted octanol–water partition coefficient (Wildman–Crippen LogP) is 1.17. The Balaban J connectivity index is 1.39. The van der Waals surface area contributed by atoms with Crippen LogP contribution in [0.5, 0.6) is 0 Å². The highest BCUT2D eigenvalue weighted by Gasteiger charge is 2.48. The van der Waals surface area contributed by atoms with Crippen LogP contribution in [0.15, 0.2) is 30.3 Å². The Morgan fingerprint density at radius 1 is 1.00 bits per heavy atom. The molecule has 1 aliphatic heterocycles. The van der Waals surface area contributed by atoms with Crippen molar-refractivity contribution in [2.24, 2.45) is 5.73 Å². The second kappa shape index (κ2) is 6.71. The molecular formula is C18H25N3O2. The number of amides is 2. The van der Waals surface area contributed by atoms with E-state index in [1.807, 2.05) is 28.0 Å². The Morgan fingerprint density at radius 2 is 1.61 bits per heavy atom. The molecule has 0 aromatic heterocycles. The third-order valence-corrected chi connectivity index (χ3v) is 4.83. The minimum atomic E-state index is -0.595. The molecule has 5 heteroatoms. The first kappa shape index (κ1) is 16.0. The van der Waals surface area contributed by atoms with E-state index in [9.17, 15) is 9.59 Å². The van der Waals surface area contributed by atoms with Gasteiger partial charge in [0.05, 0.1) is 5.54 Å². The Hall–Kier alpha value is -1.88. The molecule has 0 atom stereocenters. The van der Waals surface area contributed by atoms with Gasteiger partial charge >= 0.3 is 0 Å². The number of aryl methyl sites for hydroxylation is 1. The van der Waals surface area contributed by atoms with Crippen LogP contribution in [0.1, 0.15) is 31.2 Å². The van der Waals surface area contributed by atoms with Gasteiger partial charge in [-0.1, -0.05) is 30.3 Å². The van der Waals surface area contributed by atoms with Gasteiger partial charge in [0.1, 0.15) is 0 Å². The summed E-state index contributed by atoms with van der Waals surface area (Å²) in [5, 5.41) is 0. The molecule has 1 heterocycles. The van der Waals surface area contributed by atoms with E-state index in [2.05, 4.69) is 12.1 Å². The third-order valence-electron chi connectivity index (χ3n) is 4.83. The van der Waals surface area contributed by atoms with Crippen molar-refractivity contribution in [2.45, 2.75) is 37.6 Å². The second-order valence-corrected chi connectivity index (χ2v) is 6.67. The molecule has 1 aromatic rings. The van der Waals surface area contributed by atoms with Crippen molar-refractivity contribution in [3.05, 3.63) is 35.9 Å². The molecular weight excluding hydrogens is 290 g/mol. The van der Waals surface area contributed by atoms with Gasteiger partial charge in [-0.05, 0) is 31.2 Å². The molecule has 3 rings (SSSR count). The largest absolute Gasteiger partial charge is 0.339 e. The van der Waals surface area contributed by atoms with Gasteiger partial charge in [-0.3, -0.25) is 9.59 Å². The van der Waals surface area contributed by atoms with Crippen LogP contribution in [-0.4, -0.2) is 53.3 Å². The summed E-state index contributed by atoms with van der Waals surface area (Å²) in [4.78, 5) is 28.2. The van der Waals surface area contributed by atoms with Crippen LogP contribution in [0.2, 0.25) is 0 Å². The van der Waals surface area contributed by atoms with Crippen molar-refractivity contribution < 1.29 is 9.59 Å². The number of carbonyl (C=O) groups is 2. The molecule has 0 spiro atoms. The van der Waals surface area contributed by atoms with Crippen LogP contribution in [0.3, 0.4) is 0 Å². The summed E-state index contributed by atoms with van der Waals surface area (Å²) in [5.74, 6) is 0.260. The molecule has 5 nitrogen and oxygen atoms in total. The predicted molar refractivity (Wildman–Crippen MR) is 88.7 cm³/mol. The van der Waals surface area contributed by atoms with Crippen molar-refractivity contribution in [2.75, 3.05) is 26.2 Å². The van der Waals surface area contributed by atoms with E-state index in [0.717, 1.165) is 25.7 Å². The lowest BCUT2D eigenvalue weighted by Gasteiger charge is -2.36. The van der Waals surface area contributed by atoms with Crippen LogP contribution in [0.25, 0.3) is 0 Å². The maximum Gasteiger partial charge on any atom is 0.242 e. The van der Waals surface area contributed by atoms with Crippen molar-refractivity contribution in [3.8, 4) is 0 Å². The maximum absolute atomic E-state index is 12.3. The Kier molecular flexibility index (Phi) is 4.66. The van der Waals surface area contributed by atoms with Gasteiger partial charge in [0, 0.05) is 32.6 Å². The highest BCUT2D eigenvalue weighted by molar-refractivity contribution is 5.89. The van der Waals surface area contributed by atoms with E-state index >= 15 is 0 Å². The van der Waals surface area contributed by atoms with Gasteiger partial charge in [0.15, 0.2) is 0 Å². The monoisotopic (exact) mass is 315 g/mol. The summed E-state index contributed by atoms with van der Waals surface area (Å²) in [6.07, 6.45) is 3.97. The molecule has 1 saturated carbocycles. The molecule has 2 fully saturated rings. The SMILES string of the molecule is NC1(C(=O)N2CCN(C(=O)CCCc3ccccc3)CC2)CC1. The van der Waals surface area contributed by atoms with Crippen LogP contribution in [0, 0.1) is 0 Å². The van der Waals surface area contributed by atoms with Gasteiger partial charge in [0.2, 0.25) is 11.8 Å². The maximum atomic E-state index is 12.3. The van der Waals surface area contributed by atoms with Crippen molar-refractivity contribution in [3.63, 3.8) is 0 Å². The molecule has 2 amide bonds. The third kappa shape index (κ3) is 3.91.